The molecule has 2 rings (SSSR count). The molecule has 0 radical (unpaired) electrons. The van der Waals surface area contributed by atoms with Crippen LogP contribution >= 0.6 is 11.3 Å². The van der Waals surface area contributed by atoms with E-state index in [9.17, 15) is 0 Å². The van der Waals surface area contributed by atoms with E-state index in [1.54, 1.807) is 0 Å². The van der Waals surface area contributed by atoms with E-state index in [1.807, 2.05) is 31.2 Å². The highest BCUT2D eigenvalue weighted by atomic mass is 32.1. The number of rotatable bonds is 4. The molecular weight excluding hydrogens is 222 g/mol. The zero-order chi connectivity index (χ0) is 11.4. The topological polar surface area (TPSA) is 61.0 Å². The molecule has 84 valence electrons. The van der Waals surface area contributed by atoms with Crippen molar-refractivity contribution in [3.8, 4) is 16.3 Å². The SMILES string of the molecule is CCOc1cccc(-c2nnc(CN)s2)c1. The minimum atomic E-state index is 0.433. The van der Waals surface area contributed by atoms with Crippen LogP contribution in [0.15, 0.2) is 24.3 Å². The third kappa shape index (κ3) is 2.37. The van der Waals surface area contributed by atoms with Gasteiger partial charge in [0.15, 0.2) is 0 Å². The second-order valence-corrected chi connectivity index (χ2v) is 4.23. The Labute approximate surface area is 98.1 Å². The summed E-state index contributed by atoms with van der Waals surface area (Å²) in [6, 6.07) is 7.83. The van der Waals surface area contributed by atoms with Gasteiger partial charge < -0.3 is 10.5 Å². The van der Waals surface area contributed by atoms with Gasteiger partial charge in [-0.05, 0) is 19.1 Å². The van der Waals surface area contributed by atoms with Crippen molar-refractivity contribution in [2.75, 3.05) is 6.61 Å². The van der Waals surface area contributed by atoms with Gasteiger partial charge in [0.25, 0.3) is 0 Å². The highest BCUT2D eigenvalue weighted by molar-refractivity contribution is 7.14. The summed E-state index contributed by atoms with van der Waals surface area (Å²) in [7, 11) is 0. The first-order valence-electron chi connectivity index (χ1n) is 5.09. The van der Waals surface area contributed by atoms with Crippen LogP contribution in [0, 0.1) is 0 Å². The lowest BCUT2D eigenvalue weighted by molar-refractivity contribution is 0.340. The Morgan fingerprint density at radius 3 is 2.94 bits per heavy atom. The number of aromatic nitrogens is 2. The van der Waals surface area contributed by atoms with Crippen molar-refractivity contribution in [2.24, 2.45) is 5.73 Å². The van der Waals surface area contributed by atoms with Gasteiger partial charge in [0.1, 0.15) is 15.8 Å². The van der Waals surface area contributed by atoms with Gasteiger partial charge >= 0.3 is 0 Å². The van der Waals surface area contributed by atoms with Crippen LogP contribution in [0.5, 0.6) is 5.75 Å². The summed E-state index contributed by atoms with van der Waals surface area (Å²) >= 11 is 1.51. The molecule has 0 saturated carbocycles. The number of nitrogens with zero attached hydrogens (tertiary/aromatic N) is 2. The van der Waals surface area contributed by atoms with E-state index < -0.39 is 0 Å². The van der Waals surface area contributed by atoms with Gasteiger partial charge in [0.05, 0.1) is 6.61 Å². The number of ether oxygens (including phenoxy) is 1. The Morgan fingerprint density at radius 2 is 2.25 bits per heavy atom. The number of benzene rings is 1. The molecule has 1 aromatic carbocycles. The highest BCUT2D eigenvalue weighted by Gasteiger charge is 2.06. The maximum absolute atomic E-state index is 5.50. The van der Waals surface area contributed by atoms with Gasteiger partial charge in [-0.2, -0.15) is 0 Å². The van der Waals surface area contributed by atoms with Gasteiger partial charge in [0, 0.05) is 12.1 Å². The largest absolute Gasteiger partial charge is 0.494 e. The molecule has 0 amide bonds. The summed E-state index contributed by atoms with van der Waals surface area (Å²) in [5.41, 5.74) is 6.52. The van der Waals surface area contributed by atoms with Gasteiger partial charge in [-0.1, -0.05) is 23.5 Å². The summed E-state index contributed by atoms with van der Waals surface area (Å²) < 4.78 is 5.43. The molecule has 0 bridgehead atoms. The van der Waals surface area contributed by atoms with Crippen LogP contribution in [-0.4, -0.2) is 16.8 Å². The lowest BCUT2D eigenvalue weighted by atomic mass is 10.2. The second kappa shape index (κ2) is 5.05. The first-order chi connectivity index (χ1) is 7.83. The molecule has 5 heteroatoms. The molecule has 0 unspecified atom stereocenters. The summed E-state index contributed by atoms with van der Waals surface area (Å²) in [6.07, 6.45) is 0. The van der Waals surface area contributed by atoms with E-state index in [2.05, 4.69) is 10.2 Å². The number of hydrogen-bond donors (Lipinski definition) is 1. The zero-order valence-electron chi connectivity index (χ0n) is 9.01. The normalized spacial score (nSPS) is 10.4. The van der Waals surface area contributed by atoms with Crippen molar-refractivity contribution in [3.63, 3.8) is 0 Å². The molecule has 0 aliphatic heterocycles. The lowest BCUT2D eigenvalue weighted by Crippen LogP contribution is -1.94. The van der Waals surface area contributed by atoms with Crippen LogP contribution in [-0.2, 0) is 6.54 Å². The van der Waals surface area contributed by atoms with Crippen LogP contribution in [0.2, 0.25) is 0 Å². The van der Waals surface area contributed by atoms with E-state index in [1.165, 1.54) is 11.3 Å². The highest BCUT2D eigenvalue weighted by Crippen LogP contribution is 2.26. The Balaban J connectivity index is 2.28. The fourth-order valence-electron chi connectivity index (χ4n) is 1.34. The van der Waals surface area contributed by atoms with Crippen molar-refractivity contribution < 1.29 is 4.74 Å². The third-order valence-corrected chi connectivity index (χ3v) is 3.03. The standard InChI is InChI=1S/C11H13N3OS/c1-2-15-9-5-3-4-8(6-9)11-14-13-10(7-12)16-11/h3-6H,2,7,12H2,1H3. The average Bonchev–Trinajstić information content (AvgIpc) is 2.78. The van der Waals surface area contributed by atoms with E-state index in [0.29, 0.717) is 13.2 Å². The number of nitrogens with two attached hydrogens (primary N) is 1. The summed E-state index contributed by atoms with van der Waals surface area (Å²) in [5.74, 6) is 0.851. The minimum Gasteiger partial charge on any atom is -0.494 e. The molecule has 16 heavy (non-hydrogen) atoms. The summed E-state index contributed by atoms with van der Waals surface area (Å²) in [6.45, 7) is 3.06. The summed E-state index contributed by atoms with van der Waals surface area (Å²) in [5, 5.41) is 9.80. The molecule has 0 atom stereocenters. The molecule has 1 aromatic heterocycles. The molecule has 2 N–H and O–H groups in total. The minimum absolute atomic E-state index is 0.433. The quantitative estimate of drug-likeness (QED) is 0.881. The van der Waals surface area contributed by atoms with Crippen LogP contribution in [0.1, 0.15) is 11.9 Å². The lowest BCUT2D eigenvalue weighted by Gasteiger charge is -2.03. The smallest absolute Gasteiger partial charge is 0.147 e. The fraction of sp³-hybridized carbons (Fsp3) is 0.273. The molecule has 0 aliphatic carbocycles. The van der Waals surface area contributed by atoms with Crippen LogP contribution < -0.4 is 10.5 Å². The first-order valence-corrected chi connectivity index (χ1v) is 5.91. The van der Waals surface area contributed by atoms with Crippen LogP contribution in [0.25, 0.3) is 10.6 Å². The summed E-state index contributed by atoms with van der Waals surface area (Å²) in [4.78, 5) is 0. The van der Waals surface area contributed by atoms with E-state index >= 15 is 0 Å². The third-order valence-electron chi connectivity index (χ3n) is 2.03. The molecular formula is C11H13N3OS. The first kappa shape index (κ1) is 11.0. The molecule has 1 heterocycles. The van der Waals surface area contributed by atoms with Crippen molar-refractivity contribution in [1.29, 1.82) is 0 Å². The molecule has 0 spiro atoms. The van der Waals surface area contributed by atoms with Gasteiger partial charge in [-0.15, -0.1) is 10.2 Å². The van der Waals surface area contributed by atoms with E-state index in [4.69, 9.17) is 10.5 Å². The Morgan fingerprint density at radius 1 is 1.38 bits per heavy atom. The van der Waals surface area contributed by atoms with Gasteiger partial charge in [-0.3, -0.25) is 0 Å². The van der Waals surface area contributed by atoms with E-state index in [-0.39, 0.29) is 0 Å². The molecule has 0 aliphatic rings. The van der Waals surface area contributed by atoms with Gasteiger partial charge in [-0.25, -0.2) is 0 Å². The predicted molar refractivity (Wildman–Crippen MR) is 64.4 cm³/mol. The van der Waals surface area contributed by atoms with Crippen LogP contribution in [0.4, 0.5) is 0 Å². The Hall–Kier alpha value is -1.46. The average molecular weight is 235 g/mol. The maximum Gasteiger partial charge on any atom is 0.147 e. The zero-order valence-corrected chi connectivity index (χ0v) is 9.83. The molecule has 2 aromatic rings. The molecule has 0 saturated heterocycles. The van der Waals surface area contributed by atoms with Crippen molar-refractivity contribution in [1.82, 2.24) is 10.2 Å². The van der Waals surface area contributed by atoms with Crippen molar-refractivity contribution in [2.45, 2.75) is 13.5 Å². The van der Waals surface area contributed by atoms with Crippen molar-refractivity contribution in [3.05, 3.63) is 29.3 Å². The maximum atomic E-state index is 5.50. The fourth-order valence-corrected chi connectivity index (χ4v) is 2.05. The van der Waals surface area contributed by atoms with E-state index in [0.717, 1.165) is 21.3 Å². The van der Waals surface area contributed by atoms with Crippen molar-refractivity contribution >= 4 is 11.3 Å². The molecule has 4 nitrogen and oxygen atoms in total. The van der Waals surface area contributed by atoms with Gasteiger partial charge in [0.2, 0.25) is 0 Å². The Bertz CT molecular complexity index is 470. The monoisotopic (exact) mass is 235 g/mol. The predicted octanol–water partition coefficient (Wildman–Crippen LogP) is 2.06. The Kier molecular flexibility index (Phi) is 3.48. The second-order valence-electron chi connectivity index (χ2n) is 3.17. The molecule has 0 fully saturated rings. The van der Waals surface area contributed by atoms with Crippen LogP contribution in [0.3, 0.4) is 0 Å². The number of hydrogen-bond acceptors (Lipinski definition) is 5.